The van der Waals surface area contributed by atoms with E-state index in [0.717, 1.165) is 12.0 Å². The third kappa shape index (κ3) is 1.44. The van der Waals surface area contributed by atoms with Gasteiger partial charge < -0.3 is 10.8 Å². The second-order valence-corrected chi connectivity index (χ2v) is 5.42. The normalized spacial score (nSPS) is 27.7. The molecule has 1 aliphatic rings. The summed E-state index contributed by atoms with van der Waals surface area (Å²) < 4.78 is 0. The van der Waals surface area contributed by atoms with Crippen LogP contribution in [0.4, 0.5) is 0 Å². The first kappa shape index (κ1) is 10.8. The molecule has 0 spiro atoms. The topological polar surface area (TPSA) is 46.2 Å². The smallest absolute Gasteiger partial charge is 0.117 e. The lowest BCUT2D eigenvalue weighted by Crippen LogP contribution is -2.25. The molecule has 1 aliphatic carbocycles. The van der Waals surface area contributed by atoms with Gasteiger partial charge in [-0.3, -0.25) is 0 Å². The lowest BCUT2D eigenvalue weighted by molar-refractivity contribution is 0.472. The molecule has 82 valence electrons. The second-order valence-electron chi connectivity index (χ2n) is 5.01. The first-order chi connectivity index (χ1) is 6.93. The number of hydrogen-bond donors (Lipinski definition) is 2. The predicted molar refractivity (Wildman–Crippen MR) is 62.2 cm³/mol. The Morgan fingerprint density at radius 3 is 2.47 bits per heavy atom. The van der Waals surface area contributed by atoms with Gasteiger partial charge in [-0.05, 0) is 29.5 Å². The van der Waals surface area contributed by atoms with Gasteiger partial charge in [-0.15, -0.1) is 0 Å². The SMILES string of the molecule is CC1(C)CC1(CN)c1ccc(O)cc1Cl. The van der Waals surface area contributed by atoms with Crippen LogP contribution in [0, 0.1) is 5.41 Å². The number of hydrogen-bond acceptors (Lipinski definition) is 2. The summed E-state index contributed by atoms with van der Waals surface area (Å²) in [7, 11) is 0. The van der Waals surface area contributed by atoms with Crippen molar-refractivity contribution >= 4 is 11.6 Å². The molecule has 1 aromatic rings. The zero-order chi connectivity index (χ0) is 11.3. The summed E-state index contributed by atoms with van der Waals surface area (Å²) in [6.45, 7) is 5.00. The Morgan fingerprint density at radius 1 is 1.47 bits per heavy atom. The molecule has 2 rings (SSSR count). The van der Waals surface area contributed by atoms with Gasteiger partial charge in [-0.1, -0.05) is 31.5 Å². The van der Waals surface area contributed by atoms with Gasteiger partial charge in [-0.25, -0.2) is 0 Å². The van der Waals surface area contributed by atoms with E-state index in [9.17, 15) is 5.11 Å². The average Bonchev–Trinajstić information content (AvgIpc) is 2.69. The van der Waals surface area contributed by atoms with Crippen LogP contribution in [0.1, 0.15) is 25.8 Å². The molecule has 0 aliphatic heterocycles. The monoisotopic (exact) mass is 225 g/mol. The average molecular weight is 226 g/mol. The maximum Gasteiger partial charge on any atom is 0.117 e. The second kappa shape index (κ2) is 3.13. The largest absolute Gasteiger partial charge is 0.508 e. The van der Waals surface area contributed by atoms with Gasteiger partial charge >= 0.3 is 0 Å². The van der Waals surface area contributed by atoms with E-state index in [2.05, 4.69) is 13.8 Å². The van der Waals surface area contributed by atoms with Gasteiger partial charge in [0.25, 0.3) is 0 Å². The zero-order valence-corrected chi connectivity index (χ0v) is 9.80. The van der Waals surface area contributed by atoms with Gasteiger partial charge in [0, 0.05) is 17.0 Å². The van der Waals surface area contributed by atoms with Gasteiger partial charge in [-0.2, -0.15) is 0 Å². The minimum Gasteiger partial charge on any atom is -0.508 e. The fourth-order valence-electron chi connectivity index (χ4n) is 2.52. The van der Waals surface area contributed by atoms with E-state index in [4.69, 9.17) is 17.3 Å². The zero-order valence-electron chi connectivity index (χ0n) is 9.05. The summed E-state index contributed by atoms with van der Waals surface area (Å²) in [6.07, 6.45) is 1.06. The molecule has 2 nitrogen and oxygen atoms in total. The van der Waals surface area contributed by atoms with Crippen LogP contribution < -0.4 is 5.73 Å². The van der Waals surface area contributed by atoms with Crippen molar-refractivity contribution in [3.8, 4) is 5.75 Å². The van der Waals surface area contributed by atoms with Gasteiger partial charge in [0.2, 0.25) is 0 Å². The molecule has 1 unspecified atom stereocenters. The molecule has 1 saturated carbocycles. The number of phenolic OH excluding ortho intramolecular Hbond substituents is 1. The van der Waals surface area contributed by atoms with E-state index in [1.807, 2.05) is 6.07 Å². The Morgan fingerprint density at radius 2 is 2.07 bits per heavy atom. The van der Waals surface area contributed by atoms with Crippen molar-refractivity contribution < 1.29 is 5.11 Å². The van der Waals surface area contributed by atoms with Crippen molar-refractivity contribution in [2.45, 2.75) is 25.7 Å². The Labute approximate surface area is 95.1 Å². The van der Waals surface area contributed by atoms with Crippen LogP contribution in [0.5, 0.6) is 5.75 Å². The van der Waals surface area contributed by atoms with E-state index in [1.165, 1.54) is 0 Å². The number of benzene rings is 1. The molecule has 0 saturated heterocycles. The maximum absolute atomic E-state index is 9.31. The Kier molecular flexibility index (Phi) is 2.25. The number of rotatable bonds is 2. The van der Waals surface area contributed by atoms with Crippen molar-refractivity contribution in [2.75, 3.05) is 6.54 Å². The number of aromatic hydroxyl groups is 1. The van der Waals surface area contributed by atoms with Crippen LogP contribution in [-0.4, -0.2) is 11.7 Å². The highest BCUT2D eigenvalue weighted by Crippen LogP contribution is 2.64. The molecule has 3 heteroatoms. The third-order valence-corrected chi connectivity index (χ3v) is 4.04. The molecule has 0 bridgehead atoms. The summed E-state index contributed by atoms with van der Waals surface area (Å²) >= 11 is 6.14. The van der Waals surface area contributed by atoms with Crippen LogP contribution in [0.25, 0.3) is 0 Å². The Hall–Kier alpha value is -0.730. The molecule has 0 aromatic heterocycles. The van der Waals surface area contributed by atoms with E-state index < -0.39 is 0 Å². The fraction of sp³-hybridized carbons (Fsp3) is 0.500. The van der Waals surface area contributed by atoms with Gasteiger partial charge in [0.05, 0.1) is 0 Å². The molecule has 1 aromatic carbocycles. The molecule has 0 radical (unpaired) electrons. The number of phenols is 1. The lowest BCUT2D eigenvalue weighted by atomic mass is 9.88. The highest BCUT2D eigenvalue weighted by Gasteiger charge is 2.61. The van der Waals surface area contributed by atoms with Crippen LogP contribution in [0.15, 0.2) is 18.2 Å². The van der Waals surface area contributed by atoms with E-state index in [0.29, 0.717) is 11.6 Å². The van der Waals surface area contributed by atoms with Crippen molar-refractivity contribution in [3.05, 3.63) is 28.8 Å². The molecular weight excluding hydrogens is 210 g/mol. The summed E-state index contributed by atoms with van der Waals surface area (Å²) in [5.41, 5.74) is 7.14. The fourth-order valence-corrected chi connectivity index (χ4v) is 2.88. The minimum absolute atomic E-state index is 0.00220. The van der Waals surface area contributed by atoms with Crippen LogP contribution in [-0.2, 0) is 5.41 Å². The molecule has 3 N–H and O–H groups in total. The predicted octanol–water partition coefficient (Wildman–Crippen LogP) is 2.67. The molecule has 1 fully saturated rings. The first-order valence-corrected chi connectivity index (χ1v) is 5.50. The number of halogens is 1. The van der Waals surface area contributed by atoms with Crippen molar-refractivity contribution in [3.63, 3.8) is 0 Å². The number of nitrogens with two attached hydrogens (primary N) is 1. The first-order valence-electron chi connectivity index (χ1n) is 5.12. The van der Waals surface area contributed by atoms with E-state index in [1.54, 1.807) is 12.1 Å². The van der Waals surface area contributed by atoms with Crippen LogP contribution >= 0.6 is 11.6 Å². The van der Waals surface area contributed by atoms with Crippen LogP contribution in [0.2, 0.25) is 5.02 Å². The molecule has 1 atom stereocenters. The highest BCUT2D eigenvalue weighted by atomic mass is 35.5. The molecule has 15 heavy (non-hydrogen) atoms. The van der Waals surface area contributed by atoms with Crippen molar-refractivity contribution in [1.29, 1.82) is 0 Å². The van der Waals surface area contributed by atoms with Gasteiger partial charge in [0.15, 0.2) is 0 Å². The quantitative estimate of drug-likeness (QED) is 0.813. The maximum atomic E-state index is 9.31. The molecule has 0 heterocycles. The lowest BCUT2D eigenvalue weighted by Gasteiger charge is -2.20. The molecular formula is C12H16ClNO. The van der Waals surface area contributed by atoms with E-state index >= 15 is 0 Å². The molecule has 0 amide bonds. The van der Waals surface area contributed by atoms with Gasteiger partial charge in [0.1, 0.15) is 5.75 Å². The summed E-state index contributed by atoms with van der Waals surface area (Å²) in [5, 5.41) is 9.93. The Balaban J connectivity index is 2.46. The minimum atomic E-state index is -0.00220. The van der Waals surface area contributed by atoms with E-state index in [-0.39, 0.29) is 16.6 Å². The Bertz CT molecular complexity index is 403. The summed E-state index contributed by atoms with van der Waals surface area (Å²) in [4.78, 5) is 0. The van der Waals surface area contributed by atoms with Crippen LogP contribution in [0.3, 0.4) is 0 Å². The standard InChI is InChI=1S/C12H16ClNO/c1-11(2)6-12(11,7-14)9-4-3-8(15)5-10(9)13/h3-5,15H,6-7,14H2,1-2H3. The summed E-state index contributed by atoms with van der Waals surface area (Å²) in [5.74, 6) is 0.203. The highest BCUT2D eigenvalue weighted by molar-refractivity contribution is 6.31. The third-order valence-electron chi connectivity index (χ3n) is 3.73. The van der Waals surface area contributed by atoms with Crippen molar-refractivity contribution in [2.24, 2.45) is 11.1 Å². The van der Waals surface area contributed by atoms with Crippen molar-refractivity contribution in [1.82, 2.24) is 0 Å². The summed E-state index contributed by atoms with van der Waals surface area (Å²) in [6, 6.07) is 5.15.